The molecule has 0 fully saturated rings. The van der Waals surface area contributed by atoms with Gasteiger partial charge in [0.05, 0.1) is 0 Å². The minimum atomic E-state index is -3.62. The van der Waals surface area contributed by atoms with Gasteiger partial charge in [-0.1, -0.05) is 6.92 Å². The first-order valence-corrected chi connectivity index (χ1v) is 5.22. The first-order chi connectivity index (χ1) is 5.97. The van der Waals surface area contributed by atoms with Crippen LogP contribution < -0.4 is 0 Å². The van der Waals surface area contributed by atoms with Gasteiger partial charge in [-0.2, -0.15) is 0 Å². The Morgan fingerprint density at radius 2 is 1.93 bits per heavy atom. The number of rotatable bonds is 2. The molecular formula is C8H7F2O2STi-. The van der Waals surface area contributed by atoms with E-state index in [9.17, 15) is 17.2 Å². The van der Waals surface area contributed by atoms with Gasteiger partial charge in [-0.25, -0.2) is 17.2 Å². The maximum Gasteiger partial charge on any atom is 0.135 e. The molecule has 1 aromatic rings. The zero-order valence-corrected chi connectivity index (χ0v) is 9.72. The summed E-state index contributed by atoms with van der Waals surface area (Å²) in [5.74, 6) is -2.29. The molecular weight excluding hydrogens is 246 g/mol. The summed E-state index contributed by atoms with van der Waals surface area (Å²) in [7, 11) is -3.62. The normalized spacial score (nSPS) is 10.8. The Hall–Kier alpha value is -0.256. The van der Waals surface area contributed by atoms with Gasteiger partial charge in [0.1, 0.15) is 9.84 Å². The van der Waals surface area contributed by atoms with Crippen molar-refractivity contribution in [3.05, 3.63) is 29.8 Å². The second-order valence-electron chi connectivity index (χ2n) is 2.39. The molecule has 0 amide bonds. The molecule has 0 bridgehead atoms. The Balaban J connectivity index is 0.00000169. The fraction of sp³-hybridized carbons (Fsp3) is 0.250. The predicted octanol–water partition coefficient (Wildman–Crippen LogP) is 1.56. The third-order valence-electron chi connectivity index (χ3n) is 1.54. The number of hydrogen-bond acceptors (Lipinski definition) is 2. The van der Waals surface area contributed by atoms with Gasteiger partial charge in [0.25, 0.3) is 0 Å². The average molecular weight is 253 g/mol. The molecule has 0 aliphatic rings. The monoisotopic (exact) mass is 253 g/mol. The molecule has 0 aliphatic heterocycles. The quantitative estimate of drug-likeness (QED) is 0.455. The van der Waals surface area contributed by atoms with E-state index in [1.54, 1.807) is 6.07 Å². The van der Waals surface area contributed by atoms with E-state index in [-0.39, 0.29) is 27.5 Å². The molecule has 0 aliphatic carbocycles. The van der Waals surface area contributed by atoms with Gasteiger partial charge in [0, 0.05) is 39.1 Å². The minimum Gasteiger partial charge on any atom is -0.236 e. The van der Waals surface area contributed by atoms with Crippen molar-refractivity contribution in [1.29, 1.82) is 0 Å². The van der Waals surface area contributed by atoms with Crippen LogP contribution in [0.5, 0.6) is 0 Å². The van der Waals surface area contributed by atoms with Crippen LogP contribution in [-0.2, 0) is 31.6 Å². The molecule has 0 unspecified atom stereocenters. The van der Waals surface area contributed by atoms with Crippen molar-refractivity contribution in [2.24, 2.45) is 0 Å². The molecule has 1 aromatic carbocycles. The molecule has 1 rings (SSSR count). The SMILES string of the molecule is CCS(=O)(=O)c1ccc(F)[c-]c1F.[Ti]. The number of benzene rings is 1. The molecule has 0 atom stereocenters. The van der Waals surface area contributed by atoms with E-state index >= 15 is 0 Å². The minimum absolute atomic E-state index is 0. The zero-order valence-electron chi connectivity index (χ0n) is 7.34. The molecule has 6 heteroatoms. The van der Waals surface area contributed by atoms with Gasteiger partial charge >= 0.3 is 0 Å². The molecule has 76 valence electrons. The van der Waals surface area contributed by atoms with Crippen LogP contribution in [0.25, 0.3) is 0 Å². The van der Waals surface area contributed by atoms with E-state index in [2.05, 4.69) is 0 Å². The fourth-order valence-corrected chi connectivity index (χ4v) is 1.74. The summed E-state index contributed by atoms with van der Waals surface area (Å²) in [6, 6.07) is 3.44. The van der Waals surface area contributed by atoms with Gasteiger partial charge in [-0.05, 0) is 4.90 Å². The molecule has 0 spiro atoms. The van der Waals surface area contributed by atoms with E-state index in [4.69, 9.17) is 0 Å². The van der Waals surface area contributed by atoms with Crippen LogP contribution in [0, 0.1) is 17.7 Å². The van der Waals surface area contributed by atoms with Crippen LogP contribution in [0.15, 0.2) is 17.0 Å². The van der Waals surface area contributed by atoms with Gasteiger partial charge in [0.15, 0.2) is 0 Å². The van der Waals surface area contributed by atoms with Gasteiger partial charge in [0.2, 0.25) is 0 Å². The largest absolute Gasteiger partial charge is 0.236 e. The molecule has 0 heterocycles. The molecule has 0 N–H and O–H groups in total. The van der Waals surface area contributed by atoms with Crippen molar-refractivity contribution in [1.82, 2.24) is 0 Å². The summed E-state index contributed by atoms with van der Waals surface area (Å²) in [5, 5.41) is 0. The molecule has 0 saturated carbocycles. The smallest absolute Gasteiger partial charge is 0.135 e. The van der Waals surface area contributed by atoms with Crippen molar-refractivity contribution in [3.8, 4) is 0 Å². The summed E-state index contributed by atoms with van der Waals surface area (Å²) in [5.41, 5.74) is 0. The zero-order chi connectivity index (χ0) is 10.1. The third kappa shape index (κ3) is 2.87. The third-order valence-corrected chi connectivity index (χ3v) is 3.29. The van der Waals surface area contributed by atoms with Crippen molar-refractivity contribution < 1.29 is 38.9 Å². The van der Waals surface area contributed by atoms with E-state index in [1.165, 1.54) is 6.92 Å². The first-order valence-electron chi connectivity index (χ1n) is 3.57. The summed E-state index contributed by atoms with van der Waals surface area (Å²) >= 11 is 0. The maximum absolute atomic E-state index is 12.9. The van der Waals surface area contributed by atoms with E-state index in [0.29, 0.717) is 0 Å². The molecule has 0 aromatic heterocycles. The van der Waals surface area contributed by atoms with E-state index in [1.807, 2.05) is 0 Å². The first kappa shape index (κ1) is 13.7. The second kappa shape index (κ2) is 5.00. The number of hydrogen-bond donors (Lipinski definition) is 0. The van der Waals surface area contributed by atoms with Crippen molar-refractivity contribution in [2.45, 2.75) is 11.8 Å². The van der Waals surface area contributed by atoms with Crippen LogP contribution in [-0.4, -0.2) is 14.2 Å². The van der Waals surface area contributed by atoms with Gasteiger partial charge in [-0.3, -0.25) is 0 Å². The van der Waals surface area contributed by atoms with Crippen LogP contribution >= 0.6 is 0 Å². The number of halogens is 2. The van der Waals surface area contributed by atoms with Crippen molar-refractivity contribution in [2.75, 3.05) is 5.75 Å². The number of sulfone groups is 1. The summed E-state index contributed by atoms with van der Waals surface area (Å²) in [4.78, 5) is -0.503. The summed E-state index contributed by atoms with van der Waals surface area (Å²) < 4.78 is 47.5. The Morgan fingerprint density at radius 1 is 1.36 bits per heavy atom. The Morgan fingerprint density at radius 3 is 2.36 bits per heavy atom. The Bertz CT molecular complexity index is 417. The fourth-order valence-electron chi connectivity index (χ4n) is 0.826. The van der Waals surface area contributed by atoms with Gasteiger partial charge < -0.3 is 0 Å². The molecule has 2 nitrogen and oxygen atoms in total. The Labute approximate surface area is 96.1 Å². The van der Waals surface area contributed by atoms with Crippen LogP contribution in [0.4, 0.5) is 8.78 Å². The molecule has 0 saturated heterocycles. The summed E-state index contributed by atoms with van der Waals surface area (Å²) in [6.45, 7) is 1.39. The standard InChI is InChI=1S/C8H7F2O2S.Ti/c1-2-13(11,12)8-4-3-6(9)5-7(8)10;/h3-4H,2H2,1H3;/q-1;. The second-order valence-corrected chi connectivity index (χ2v) is 4.63. The van der Waals surface area contributed by atoms with Crippen LogP contribution in [0.1, 0.15) is 6.92 Å². The molecule has 14 heavy (non-hydrogen) atoms. The average Bonchev–Trinajstić information content (AvgIpc) is 2.03. The van der Waals surface area contributed by atoms with Crippen molar-refractivity contribution in [3.63, 3.8) is 0 Å². The van der Waals surface area contributed by atoms with Crippen LogP contribution in [0.3, 0.4) is 0 Å². The van der Waals surface area contributed by atoms with Crippen molar-refractivity contribution >= 4 is 9.84 Å². The van der Waals surface area contributed by atoms with E-state index in [0.717, 1.165) is 12.1 Å². The maximum atomic E-state index is 12.9. The van der Waals surface area contributed by atoms with Crippen LogP contribution in [0.2, 0.25) is 0 Å². The topological polar surface area (TPSA) is 34.1 Å². The van der Waals surface area contributed by atoms with Gasteiger partial charge in [-0.15, -0.1) is 18.2 Å². The predicted molar refractivity (Wildman–Crippen MR) is 42.9 cm³/mol. The summed E-state index contributed by atoms with van der Waals surface area (Å²) in [6.07, 6.45) is 0. The molecule has 0 radical (unpaired) electrons. The van der Waals surface area contributed by atoms with E-state index < -0.39 is 26.4 Å². The Kier molecular flexibility index (Phi) is 4.91.